The van der Waals surface area contributed by atoms with Crippen molar-refractivity contribution >= 4 is 5.97 Å². The van der Waals surface area contributed by atoms with Gasteiger partial charge in [0.2, 0.25) is 0 Å². The summed E-state index contributed by atoms with van der Waals surface area (Å²) >= 11 is 0. The molecule has 38 heavy (non-hydrogen) atoms. The number of piperidine rings is 1. The molecule has 7 heteroatoms. The highest BCUT2D eigenvalue weighted by Gasteiger charge is 2.37. The van der Waals surface area contributed by atoms with E-state index in [1.807, 2.05) is 6.07 Å². The molecule has 3 unspecified atom stereocenters. The Morgan fingerprint density at radius 1 is 0.947 bits per heavy atom. The van der Waals surface area contributed by atoms with E-state index in [2.05, 4.69) is 16.8 Å². The van der Waals surface area contributed by atoms with E-state index in [0.717, 1.165) is 68.9 Å². The van der Waals surface area contributed by atoms with Gasteiger partial charge in [-0.2, -0.15) is 0 Å². The minimum Gasteiger partial charge on any atom is -0.480 e. The second kappa shape index (κ2) is 13.6. The second-order valence-electron chi connectivity index (χ2n) is 11.5. The lowest BCUT2D eigenvalue weighted by atomic mass is 9.90. The van der Waals surface area contributed by atoms with Crippen LogP contribution in [0.1, 0.15) is 74.5 Å². The molecule has 0 aromatic heterocycles. The van der Waals surface area contributed by atoms with Gasteiger partial charge in [-0.15, -0.1) is 0 Å². The summed E-state index contributed by atoms with van der Waals surface area (Å²) in [5.41, 5.74) is 1.81. The van der Waals surface area contributed by atoms with Crippen LogP contribution >= 0.6 is 0 Å². The Labute approximate surface area is 225 Å². The summed E-state index contributed by atoms with van der Waals surface area (Å²) in [6.07, 6.45) is 7.87. The van der Waals surface area contributed by atoms with Crippen LogP contribution in [0.3, 0.4) is 0 Å². The Bertz CT molecular complexity index is 1020. The minimum absolute atomic E-state index is 0.214. The van der Waals surface area contributed by atoms with Crippen molar-refractivity contribution < 1.29 is 23.8 Å². The summed E-state index contributed by atoms with van der Waals surface area (Å²) in [7, 11) is 2.16. The minimum atomic E-state index is -0.711. The molecule has 5 nitrogen and oxygen atoms in total. The Balaban J connectivity index is 0.000000178. The maximum atomic E-state index is 13.3. The van der Waals surface area contributed by atoms with Gasteiger partial charge in [-0.05, 0) is 118 Å². The second-order valence-corrected chi connectivity index (χ2v) is 11.5. The van der Waals surface area contributed by atoms with Gasteiger partial charge in [0.05, 0.1) is 6.10 Å². The number of halogens is 2. The maximum Gasteiger partial charge on any atom is 0.320 e. The van der Waals surface area contributed by atoms with E-state index in [0.29, 0.717) is 5.92 Å². The first-order valence-electron chi connectivity index (χ1n) is 14.1. The molecule has 2 heterocycles. The summed E-state index contributed by atoms with van der Waals surface area (Å²) in [6, 6.07) is 12.5. The average Bonchev–Trinajstić information content (AvgIpc) is 3.60. The molecule has 2 aromatic rings. The zero-order chi connectivity index (χ0) is 27.1. The Morgan fingerprint density at radius 2 is 1.66 bits per heavy atom. The standard InChI is InChI=1S/C16H20FNO2.C15H22FNO/c17-14-3-1-2-12(9-14)13-6-7-18(10-13)15(16(19)20)8-11-4-5-11;1-17-10-8-12(9-11-17)2-7-15(18)13-3-5-14(16)6-4-13/h1-3,9,11,13,15H,4-8,10H2,(H,19,20);3-6,12,15,18H,2,7-11H2,1H3. The van der Waals surface area contributed by atoms with Gasteiger partial charge in [-0.3, -0.25) is 9.69 Å². The molecule has 0 spiro atoms. The molecule has 2 N–H and O–H groups in total. The SMILES string of the molecule is CN1CCC(CCC(O)c2ccc(F)cc2)CC1.O=C(O)C(CC1CC1)N1CCC(c2cccc(F)c2)C1. The fraction of sp³-hybridized carbons (Fsp3) is 0.581. The van der Waals surface area contributed by atoms with E-state index in [9.17, 15) is 23.8 Å². The number of carbonyl (C=O) groups is 1. The molecule has 0 bridgehead atoms. The summed E-state index contributed by atoms with van der Waals surface area (Å²) in [5, 5.41) is 19.5. The first kappa shape index (κ1) is 28.7. The molecule has 3 atom stereocenters. The molecule has 2 aromatic carbocycles. The number of benzene rings is 2. The number of likely N-dealkylation sites (tertiary alicyclic amines) is 2. The van der Waals surface area contributed by atoms with Crippen molar-refractivity contribution in [2.24, 2.45) is 11.8 Å². The highest BCUT2D eigenvalue weighted by atomic mass is 19.1. The van der Waals surface area contributed by atoms with Crippen LogP contribution in [0.5, 0.6) is 0 Å². The molecule has 208 valence electrons. The number of aliphatic carboxylic acids is 1. The molecule has 0 radical (unpaired) electrons. The monoisotopic (exact) mass is 528 g/mol. The van der Waals surface area contributed by atoms with E-state index in [-0.39, 0.29) is 23.6 Å². The predicted molar refractivity (Wildman–Crippen MR) is 145 cm³/mol. The lowest BCUT2D eigenvalue weighted by Crippen LogP contribution is -2.40. The van der Waals surface area contributed by atoms with Crippen molar-refractivity contribution in [2.45, 2.75) is 69.4 Å². The fourth-order valence-electron chi connectivity index (χ4n) is 5.77. The molecular weight excluding hydrogens is 486 g/mol. The lowest BCUT2D eigenvalue weighted by molar-refractivity contribution is -0.143. The summed E-state index contributed by atoms with van der Waals surface area (Å²) in [4.78, 5) is 15.9. The van der Waals surface area contributed by atoms with Crippen molar-refractivity contribution in [2.75, 3.05) is 33.2 Å². The van der Waals surface area contributed by atoms with E-state index in [4.69, 9.17) is 0 Å². The normalized spacial score (nSPS) is 22.5. The Kier molecular flexibility index (Phi) is 10.3. The number of hydrogen-bond donors (Lipinski definition) is 2. The average molecular weight is 529 g/mol. The van der Waals surface area contributed by atoms with Crippen molar-refractivity contribution in [1.82, 2.24) is 9.80 Å². The van der Waals surface area contributed by atoms with Gasteiger partial charge >= 0.3 is 5.97 Å². The molecule has 0 amide bonds. The van der Waals surface area contributed by atoms with E-state index in [1.165, 1.54) is 43.9 Å². The molecule has 1 saturated carbocycles. The van der Waals surface area contributed by atoms with Crippen molar-refractivity contribution in [3.8, 4) is 0 Å². The van der Waals surface area contributed by atoms with Crippen molar-refractivity contribution in [3.05, 3.63) is 71.3 Å². The van der Waals surface area contributed by atoms with Crippen LogP contribution in [0.15, 0.2) is 48.5 Å². The number of aliphatic hydroxyl groups is 1. The van der Waals surface area contributed by atoms with Crippen molar-refractivity contribution in [1.29, 1.82) is 0 Å². The molecular formula is C31H42F2N2O3. The summed E-state index contributed by atoms with van der Waals surface area (Å²) in [5.74, 6) is 0.416. The third-order valence-corrected chi connectivity index (χ3v) is 8.46. The topological polar surface area (TPSA) is 64.0 Å². The zero-order valence-electron chi connectivity index (χ0n) is 22.4. The predicted octanol–water partition coefficient (Wildman–Crippen LogP) is 5.85. The van der Waals surface area contributed by atoms with E-state index >= 15 is 0 Å². The van der Waals surface area contributed by atoms with Gasteiger partial charge in [0.25, 0.3) is 0 Å². The summed E-state index contributed by atoms with van der Waals surface area (Å²) < 4.78 is 26.1. The van der Waals surface area contributed by atoms with Gasteiger partial charge in [0, 0.05) is 6.54 Å². The van der Waals surface area contributed by atoms with Crippen LogP contribution in [0, 0.1) is 23.5 Å². The number of rotatable bonds is 9. The van der Waals surface area contributed by atoms with E-state index in [1.54, 1.807) is 24.3 Å². The quantitative estimate of drug-likeness (QED) is 0.428. The number of aliphatic hydroxyl groups excluding tert-OH is 1. The highest BCUT2D eigenvalue weighted by molar-refractivity contribution is 5.73. The number of hydrogen-bond acceptors (Lipinski definition) is 4. The highest BCUT2D eigenvalue weighted by Crippen LogP contribution is 2.37. The van der Waals surface area contributed by atoms with Crippen LogP contribution in [0.4, 0.5) is 8.78 Å². The Hall–Kier alpha value is -2.35. The third kappa shape index (κ3) is 8.58. The largest absolute Gasteiger partial charge is 0.480 e. The van der Waals surface area contributed by atoms with Gasteiger partial charge in [0.1, 0.15) is 17.7 Å². The molecule has 3 fully saturated rings. The third-order valence-electron chi connectivity index (χ3n) is 8.46. The molecule has 3 aliphatic rings. The first-order valence-corrected chi connectivity index (χ1v) is 14.1. The van der Waals surface area contributed by atoms with Gasteiger partial charge in [-0.25, -0.2) is 8.78 Å². The lowest BCUT2D eigenvalue weighted by Gasteiger charge is -2.29. The fourth-order valence-corrected chi connectivity index (χ4v) is 5.77. The first-order chi connectivity index (χ1) is 18.3. The van der Waals surface area contributed by atoms with Crippen LogP contribution in [-0.4, -0.2) is 65.3 Å². The molecule has 2 saturated heterocycles. The number of carboxylic acid groups (broad SMARTS) is 1. The zero-order valence-corrected chi connectivity index (χ0v) is 22.4. The van der Waals surface area contributed by atoms with Crippen LogP contribution in [0.25, 0.3) is 0 Å². The molecule has 1 aliphatic carbocycles. The maximum absolute atomic E-state index is 13.3. The molecule has 2 aliphatic heterocycles. The van der Waals surface area contributed by atoms with Gasteiger partial charge in [0.15, 0.2) is 0 Å². The summed E-state index contributed by atoms with van der Waals surface area (Å²) in [6.45, 7) is 3.85. The van der Waals surface area contributed by atoms with Crippen LogP contribution < -0.4 is 0 Å². The van der Waals surface area contributed by atoms with E-state index < -0.39 is 12.1 Å². The smallest absolute Gasteiger partial charge is 0.320 e. The number of carboxylic acids is 1. The number of nitrogens with zero attached hydrogens (tertiary/aromatic N) is 2. The van der Waals surface area contributed by atoms with Crippen LogP contribution in [0.2, 0.25) is 0 Å². The molecule has 5 rings (SSSR count). The van der Waals surface area contributed by atoms with Gasteiger partial charge < -0.3 is 15.1 Å². The Morgan fingerprint density at radius 3 is 2.29 bits per heavy atom. The van der Waals surface area contributed by atoms with Crippen LogP contribution in [-0.2, 0) is 4.79 Å². The van der Waals surface area contributed by atoms with Crippen molar-refractivity contribution in [3.63, 3.8) is 0 Å². The van der Waals surface area contributed by atoms with Gasteiger partial charge in [-0.1, -0.05) is 37.1 Å².